The Hall–Kier alpha value is -1.06. The minimum absolute atomic E-state index is 0.627. The Bertz CT molecular complexity index is 198. The van der Waals surface area contributed by atoms with Crippen molar-refractivity contribution in [1.82, 2.24) is 0 Å². The maximum Gasteiger partial charge on any atom is 0.252 e. The molecule has 0 amide bonds. The lowest BCUT2D eigenvalue weighted by Crippen LogP contribution is -2.22. The summed E-state index contributed by atoms with van der Waals surface area (Å²) in [4.78, 5) is 14.0. The van der Waals surface area contributed by atoms with Crippen molar-refractivity contribution in [3.05, 3.63) is 12.3 Å². The van der Waals surface area contributed by atoms with Crippen LogP contribution in [0.1, 0.15) is 0 Å². The van der Waals surface area contributed by atoms with Crippen molar-refractivity contribution in [2.75, 3.05) is 0 Å². The van der Waals surface area contributed by atoms with E-state index in [9.17, 15) is 13.6 Å². The van der Waals surface area contributed by atoms with Gasteiger partial charge in [0.25, 0.3) is 6.43 Å². The molecule has 0 aromatic heterocycles. The van der Waals surface area contributed by atoms with Gasteiger partial charge < -0.3 is 0 Å². The molecule has 0 fully saturated rings. The first-order valence-corrected chi connectivity index (χ1v) is 2.73. The fourth-order valence-electron chi connectivity index (χ4n) is 0.648. The highest BCUT2D eigenvalue weighted by molar-refractivity contribution is 6.29. The molecule has 2 nitrogen and oxygen atoms in total. The summed E-state index contributed by atoms with van der Waals surface area (Å²) in [5, 5.41) is 0. The fourth-order valence-corrected chi connectivity index (χ4v) is 0.648. The number of hydrogen-bond acceptors (Lipinski definition) is 2. The Balaban J connectivity index is 2.70. The maximum atomic E-state index is 11.8. The molecule has 1 aliphatic rings. The minimum Gasteiger partial charge on any atom is -0.292 e. The van der Waals surface area contributed by atoms with Crippen LogP contribution >= 0.6 is 0 Å². The van der Waals surface area contributed by atoms with E-state index in [1.807, 2.05) is 0 Å². The lowest BCUT2D eigenvalue weighted by molar-refractivity contribution is -0.118. The van der Waals surface area contributed by atoms with Gasteiger partial charge in [0.1, 0.15) is 5.92 Å². The number of alkyl halides is 2. The van der Waals surface area contributed by atoms with Crippen LogP contribution in [0, 0.1) is 5.92 Å². The molecule has 0 radical (unpaired) electrons. The van der Waals surface area contributed by atoms with E-state index in [2.05, 4.69) is 4.99 Å². The number of carbonyl (C=O) groups is 1. The fraction of sp³-hybridized carbons (Fsp3) is 0.333. The number of rotatable bonds is 1. The van der Waals surface area contributed by atoms with Gasteiger partial charge in [-0.2, -0.15) is 0 Å². The quantitative estimate of drug-likeness (QED) is 0.542. The van der Waals surface area contributed by atoms with Crippen molar-refractivity contribution in [1.29, 1.82) is 0 Å². The average molecular weight is 145 g/mol. The predicted octanol–water partition coefficient (Wildman–Crippen LogP) is 1.03. The van der Waals surface area contributed by atoms with E-state index < -0.39 is 18.1 Å². The van der Waals surface area contributed by atoms with E-state index in [0.717, 1.165) is 12.3 Å². The predicted molar refractivity (Wildman–Crippen MR) is 32.1 cm³/mol. The van der Waals surface area contributed by atoms with Crippen molar-refractivity contribution in [2.45, 2.75) is 6.43 Å². The molecule has 1 aliphatic heterocycles. The smallest absolute Gasteiger partial charge is 0.252 e. The Labute approximate surface area is 56.3 Å². The normalized spacial score (nSPS) is 24.3. The molecule has 0 bridgehead atoms. The number of aliphatic imine (C=N–C) groups is 1. The van der Waals surface area contributed by atoms with Gasteiger partial charge in [-0.05, 0) is 6.08 Å². The summed E-state index contributed by atoms with van der Waals surface area (Å²) in [6, 6.07) is 0. The summed E-state index contributed by atoms with van der Waals surface area (Å²) in [7, 11) is 0. The lowest BCUT2D eigenvalue weighted by atomic mass is 10.0. The zero-order valence-corrected chi connectivity index (χ0v) is 5.00. The zero-order chi connectivity index (χ0) is 7.56. The van der Waals surface area contributed by atoms with Gasteiger partial charge in [-0.3, -0.25) is 9.79 Å². The molecule has 0 aromatic carbocycles. The number of halogens is 2. The molecule has 0 spiro atoms. The van der Waals surface area contributed by atoms with Crippen LogP contribution < -0.4 is 0 Å². The van der Waals surface area contributed by atoms with Crippen molar-refractivity contribution < 1.29 is 13.6 Å². The SMILES string of the molecule is O=C1C=NC=CC1C(F)F. The van der Waals surface area contributed by atoms with Gasteiger partial charge in [-0.25, -0.2) is 8.78 Å². The van der Waals surface area contributed by atoms with Gasteiger partial charge in [0.2, 0.25) is 0 Å². The summed E-state index contributed by atoms with van der Waals surface area (Å²) in [6.45, 7) is 0. The molecule has 54 valence electrons. The highest BCUT2D eigenvalue weighted by Gasteiger charge is 2.25. The topological polar surface area (TPSA) is 29.4 Å². The van der Waals surface area contributed by atoms with Gasteiger partial charge >= 0.3 is 0 Å². The Kier molecular flexibility index (Phi) is 1.89. The van der Waals surface area contributed by atoms with E-state index in [1.54, 1.807) is 0 Å². The molecule has 1 rings (SSSR count). The summed E-state index contributed by atoms with van der Waals surface area (Å²) < 4.78 is 23.7. The second-order valence-corrected chi connectivity index (χ2v) is 1.88. The summed E-state index contributed by atoms with van der Waals surface area (Å²) in [5.41, 5.74) is 0. The molecular weight excluding hydrogens is 140 g/mol. The molecular formula is C6H5F2NO. The van der Waals surface area contributed by atoms with Crippen molar-refractivity contribution in [3.8, 4) is 0 Å². The van der Waals surface area contributed by atoms with E-state index in [-0.39, 0.29) is 0 Å². The molecule has 0 aromatic rings. The number of nitrogens with zero attached hydrogens (tertiary/aromatic N) is 1. The Morgan fingerprint density at radius 2 is 2.30 bits per heavy atom. The van der Waals surface area contributed by atoms with Crippen LogP contribution in [0.25, 0.3) is 0 Å². The summed E-state index contributed by atoms with van der Waals surface area (Å²) in [6.07, 6.45) is 0.609. The molecule has 4 heteroatoms. The van der Waals surface area contributed by atoms with Crippen LogP contribution in [0.5, 0.6) is 0 Å². The number of allylic oxidation sites excluding steroid dienone is 1. The molecule has 1 heterocycles. The minimum atomic E-state index is -2.62. The second kappa shape index (κ2) is 2.68. The van der Waals surface area contributed by atoms with Gasteiger partial charge in [0.05, 0.1) is 6.21 Å². The molecule has 10 heavy (non-hydrogen) atoms. The zero-order valence-electron chi connectivity index (χ0n) is 5.00. The second-order valence-electron chi connectivity index (χ2n) is 1.88. The molecule has 0 aliphatic carbocycles. The number of Topliss-reactive ketones (excluding diaryl/α,β-unsaturated/α-hetero) is 1. The molecule has 0 saturated carbocycles. The maximum absolute atomic E-state index is 11.8. The average Bonchev–Trinajstić information content (AvgIpc) is 1.88. The molecule has 1 atom stereocenters. The third kappa shape index (κ3) is 1.26. The highest BCUT2D eigenvalue weighted by atomic mass is 19.3. The van der Waals surface area contributed by atoms with E-state index >= 15 is 0 Å². The summed E-state index contributed by atoms with van der Waals surface area (Å²) in [5.74, 6) is -1.91. The molecule has 1 unspecified atom stereocenters. The van der Waals surface area contributed by atoms with E-state index in [1.165, 1.54) is 6.20 Å². The first-order chi connectivity index (χ1) is 4.72. The van der Waals surface area contributed by atoms with Gasteiger partial charge in [0, 0.05) is 6.20 Å². The Morgan fingerprint density at radius 3 is 2.70 bits per heavy atom. The number of carbonyl (C=O) groups excluding carboxylic acids is 1. The van der Waals surface area contributed by atoms with Crippen molar-refractivity contribution in [2.24, 2.45) is 10.9 Å². The van der Waals surface area contributed by atoms with Crippen LogP contribution in [-0.4, -0.2) is 18.4 Å². The summed E-state index contributed by atoms with van der Waals surface area (Å²) >= 11 is 0. The van der Waals surface area contributed by atoms with E-state index in [0.29, 0.717) is 0 Å². The van der Waals surface area contributed by atoms with Gasteiger partial charge in [0.15, 0.2) is 5.78 Å². The largest absolute Gasteiger partial charge is 0.292 e. The number of ketones is 1. The van der Waals surface area contributed by atoms with E-state index in [4.69, 9.17) is 0 Å². The molecule has 0 N–H and O–H groups in total. The van der Waals surface area contributed by atoms with Crippen LogP contribution in [-0.2, 0) is 4.79 Å². The standard InChI is InChI=1S/C6H5F2NO/c7-6(8)4-1-2-9-3-5(4)10/h1-4,6H. The highest BCUT2D eigenvalue weighted by Crippen LogP contribution is 2.13. The lowest BCUT2D eigenvalue weighted by Gasteiger charge is -2.08. The third-order valence-electron chi connectivity index (χ3n) is 1.18. The third-order valence-corrected chi connectivity index (χ3v) is 1.18. The van der Waals surface area contributed by atoms with Crippen LogP contribution in [0.2, 0.25) is 0 Å². The van der Waals surface area contributed by atoms with Gasteiger partial charge in [-0.15, -0.1) is 0 Å². The van der Waals surface area contributed by atoms with Crippen molar-refractivity contribution >= 4 is 12.0 Å². The van der Waals surface area contributed by atoms with Crippen molar-refractivity contribution in [3.63, 3.8) is 0 Å². The first kappa shape index (κ1) is 7.05. The van der Waals surface area contributed by atoms with Crippen LogP contribution in [0.4, 0.5) is 8.78 Å². The number of hydrogen-bond donors (Lipinski definition) is 0. The van der Waals surface area contributed by atoms with Crippen LogP contribution in [0.15, 0.2) is 17.3 Å². The van der Waals surface area contributed by atoms with Gasteiger partial charge in [-0.1, -0.05) is 0 Å². The van der Waals surface area contributed by atoms with Crippen LogP contribution in [0.3, 0.4) is 0 Å². The Morgan fingerprint density at radius 1 is 1.60 bits per heavy atom. The first-order valence-electron chi connectivity index (χ1n) is 2.73. The monoisotopic (exact) mass is 145 g/mol. The molecule has 0 saturated heterocycles.